The molecule has 20 heavy (non-hydrogen) atoms. The molecule has 0 spiro atoms. The quantitative estimate of drug-likeness (QED) is 0.672. The van der Waals surface area contributed by atoms with E-state index in [2.05, 4.69) is 4.98 Å². The van der Waals surface area contributed by atoms with Gasteiger partial charge in [-0.25, -0.2) is 4.98 Å². The van der Waals surface area contributed by atoms with Gasteiger partial charge in [0.15, 0.2) is 0 Å². The van der Waals surface area contributed by atoms with E-state index in [0.29, 0.717) is 12.3 Å². The molecule has 2 aromatic rings. The monoisotopic (exact) mass is 270 g/mol. The number of ether oxygens (including phenoxy) is 1. The predicted molar refractivity (Wildman–Crippen MR) is 70.0 cm³/mol. The fourth-order valence-electron chi connectivity index (χ4n) is 1.62. The molecule has 100 valence electrons. The van der Waals surface area contributed by atoms with E-state index >= 15 is 0 Å². The summed E-state index contributed by atoms with van der Waals surface area (Å²) in [7, 11) is 0. The number of nitrogens with zero attached hydrogens (tertiary/aromatic N) is 3. The van der Waals surface area contributed by atoms with Crippen molar-refractivity contribution >= 4 is 5.69 Å². The van der Waals surface area contributed by atoms with Gasteiger partial charge in [-0.2, -0.15) is 5.26 Å². The first-order chi connectivity index (χ1) is 9.65. The van der Waals surface area contributed by atoms with Crippen LogP contribution in [0.3, 0.4) is 0 Å². The number of nitro groups is 1. The Morgan fingerprint density at radius 1 is 1.45 bits per heavy atom. The Hall–Kier alpha value is -2.98. The van der Waals surface area contributed by atoms with Crippen LogP contribution in [0.15, 0.2) is 36.5 Å². The average Bonchev–Trinajstić information content (AvgIpc) is 2.46. The van der Waals surface area contributed by atoms with E-state index in [0.717, 1.165) is 5.56 Å². The van der Waals surface area contributed by atoms with Crippen LogP contribution >= 0.6 is 0 Å². The lowest BCUT2D eigenvalue weighted by molar-refractivity contribution is -0.386. The second-order valence-electron chi connectivity index (χ2n) is 3.83. The van der Waals surface area contributed by atoms with Crippen LogP contribution in [-0.2, 0) is 6.54 Å². The molecule has 2 N–H and O–H groups in total. The summed E-state index contributed by atoms with van der Waals surface area (Å²) < 4.78 is 5.40. The second-order valence-corrected chi connectivity index (χ2v) is 3.83. The Balaban J connectivity index is 2.43. The number of rotatable bonds is 4. The highest BCUT2D eigenvalue weighted by Gasteiger charge is 2.23. The molecule has 2 rings (SSSR count). The molecule has 0 unspecified atom stereocenters. The Morgan fingerprint density at radius 3 is 2.90 bits per heavy atom. The van der Waals surface area contributed by atoms with Crippen LogP contribution < -0.4 is 10.5 Å². The van der Waals surface area contributed by atoms with Crippen LogP contribution in [-0.4, -0.2) is 9.91 Å². The zero-order chi connectivity index (χ0) is 14.5. The lowest BCUT2D eigenvalue weighted by Crippen LogP contribution is -2.00. The highest BCUT2D eigenvalue weighted by molar-refractivity contribution is 5.55. The second kappa shape index (κ2) is 5.77. The highest BCUT2D eigenvalue weighted by atomic mass is 16.6. The molecule has 0 radical (unpaired) electrons. The van der Waals surface area contributed by atoms with E-state index in [9.17, 15) is 10.1 Å². The third-order valence-corrected chi connectivity index (χ3v) is 2.54. The molecule has 0 bridgehead atoms. The van der Waals surface area contributed by atoms with Crippen molar-refractivity contribution in [1.82, 2.24) is 4.98 Å². The maximum absolute atomic E-state index is 11.0. The lowest BCUT2D eigenvalue weighted by atomic mass is 10.2. The summed E-state index contributed by atoms with van der Waals surface area (Å²) in [5.41, 5.74) is 5.78. The number of hydrogen-bond acceptors (Lipinski definition) is 6. The van der Waals surface area contributed by atoms with E-state index < -0.39 is 10.6 Å². The fraction of sp³-hybridized carbons (Fsp3) is 0.0769. The molecule has 0 aliphatic heterocycles. The molecule has 7 heteroatoms. The van der Waals surface area contributed by atoms with Crippen LogP contribution in [0.4, 0.5) is 5.69 Å². The number of pyridine rings is 1. The van der Waals surface area contributed by atoms with Crippen molar-refractivity contribution in [1.29, 1.82) is 5.26 Å². The zero-order valence-electron chi connectivity index (χ0n) is 10.3. The molecule has 0 amide bonds. The number of nitriles is 1. The van der Waals surface area contributed by atoms with E-state index in [1.165, 1.54) is 12.3 Å². The van der Waals surface area contributed by atoms with Gasteiger partial charge < -0.3 is 10.5 Å². The molecule has 0 atom stereocenters. The molecular formula is C13H10N4O3. The van der Waals surface area contributed by atoms with Crippen LogP contribution in [0, 0.1) is 21.4 Å². The molecule has 1 heterocycles. The first-order valence-electron chi connectivity index (χ1n) is 5.66. The Labute approximate surface area is 114 Å². The van der Waals surface area contributed by atoms with Crippen molar-refractivity contribution in [2.45, 2.75) is 6.54 Å². The van der Waals surface area contributed by atoms with E-state index in [-0.39, 0.29) is 11.4 Å². The summed E-state index contributed by atoms with van der Waals surface area (Å²) in [4.78, 5) is 14.2. The van der Waals surface area contributed by atoms with E-state index in [4.69, 9.17) is 15.7 Å². The van der Waals surface area contributed by atoms with Crippen molar-refractivity contribution in [3.8, 4) is 17.7 Å². The van der Waals surface area contributed by atoms with Gasteiger partial charge in [0.2, 0.25) is 0 Å². The van der Waals surface area contributed by atoms with Crippen molar-refractivity contribution in [2.75, 3.05) is 0 Å². The topological polar surface area (TPSA) is 115 Å². The Morgan fingerprint density at radius 2 is 2.25 bits per heavy atom. The number of nitrogens with two attached hydrogens (primary N) is 1. The van der Waals surface area contributed by atoms with Gasteiger partial charge in [0.05, 0.1) is 4.92 Å². The molecule has 0 aliphatic rings. The fourth-order valence-corrected chi connectivity index (χ4v) is 1.62. The molecule has 7 nitrogen and oxygen atoms in total. The standard InChI is InChI=1S/C13H10N4O3/c14-7-9-2-1-3-11(6-9)20-13-12(17(18)19)10(8-15)4-5-16-13/h1-6H,7,14H2. The SMILES string of the molecule is N#Cc1ccnc(Oc2cccc(CN)c2)c1[N+](=O)[O-]. The summed E-state index contributed by atoms with van der Waals surface area (Å²) >= 11 is 0. The van der Waals surface area contributed by atoms with Crippen LogP contribution in [0.2, 0.25) is 0 Å². The van der Waals surface area contributed by atoms with Crippen molar-refractivity contribution in [3.05, 3.63) is 57.8 Å². The Bertz CT molecular complexity index is 694. The molecule has 0 saturated carbocycles. The van der Waals surface area contributed by atoms with Crippen molar-refractivity contribution < 1.29 is 9.66 Å². The molecule has 1 aromatic carbocycles. The third-order valence-electron chi connectivity index (χ3n) is 2.54. The van der Waals surface area contributed by atoms with Crippen LogP contribution in [0.25, 0.3) is 0 Å². The lowest BCUT2D eigenvalue weighted by Gasteiger charge is -2.06. The van der Waals surface area contributed by atoms with Gasteiger partial charge in [0.1, 0.15) is 17.4 Å². The van der Waals surface area contributed by atoms with Crippen LogP contribution in [0.1, 0.15) is 11.1 Å². The maximum Gasteiger partial charge on any atom is 0.348 e. The van der Waals surface area contributed by atoms with Gasteiger partial charge in [-0.3, -0.25) is 10.1 Å². The molecule has 1 aromatic heterocycles. The molecule has 0 fully saturated rings. The van der Waals surface area contributed by atoms with Crippen molar-refractivity contribution in [2.24, 2.45) is 5.73 Å². The minimum Gasteiger partial charge on any atom is -0.434 e. The van der Waals surface area contributed by atoms with Gasteiger partial charge in [-0.1, -0.05) is 12.1 Å². The predicted octanol–water partition coefficient (Wildman–Crippen LogP) is 2.11. The zero-order valence-corrected chi connectivity index (χ0v) is 10.3. The minimum absolute atomic E-state index is 0.102. The van der Waals surface area contributed by atoms with Crippen molar-refractivity contribution in [3.63, 3.8) is 0 Å². The number of hydrogen-bond donors (Lipinski definition) is 1. The van der Waals surface area contributed by atoms with E-state index in [1.54, 1.807) is 30.3 Å². The summed E-state index contributed by atoms with van der Waals surface area (Å²) in [6.07, 6.45) is 1.29. The smallest absolute Gasteiger partial charge is 0.348 e. The average molecular weight is 270 g/mol. The normalized spacial score (nSPS) is 9.80. The first-order valence-corrected chi connectivity index (χ1v) is 5.66. The molecule has 0 aliphatic carbocycles. The van der Waals surface area contributed by atoms with Gasteiger partial charge in [-0.15, -0.1) is 0 Å². The summed E-state index contributed by atoms with van der Waals surface area (Å²) in [6.45, 7) is 0.324. The number of benzene rings is 1. The van der Waals surface area contributed by atoms with Gasteiger partial charge >= 0.3 is 11.6 Å². The summed E-state index contributed by atoms with van der Waals surface area (Å²) in [6, 6.07) is 9.82. The molecule has 0 saturated heterocycles. The highest BCUT2D eigenvalue weighted by Crippen LogP contribution is 2.31. The van der Waals surface area contributed by atoms with Crippen LogP contribution in [0.5, 0.6) is 11.6 Å². The summed E-state index contributed by atoms with van der Waals surface area (Å²) in [5, 5.41) is 19.9. The summed E-state index contributed by atoms with van der Waals surface area (Å²) in [5.74, 6) is 0.155. The van der Waals surface area contributed by atoms with Gasteiger partial charge in [-0.05, 0) is 23.8 Å². The Kier molecular flexibility index (Phi) is 3.88. The van der Waals surface area contributed by atoms with Gasteiger partial charge in [0, 0.05) is 12.7 Å². The van der Waals surface area contributed by atoms with Gasteiger partial charge in [0.25, 0.3) is 0 Å². The largest absolute Gasteiger partial charge is 0.434 e. The minimum atomic E-state index is -0.687. The number of aromatic nitrogens is 1. The van der Waals surface area contributed by atoms with E-state index in [1.807, 2.05) is 0 Å². The third kappa shape index (κ3) is 2.71. The molecular weight excluding hydrogens is 260 g/mol. The maximum atomic E-state index is 11.0. The first kappa shape index (κ1) is 13.5.